The van der Waals surface area contributed by atoms with Gasteiger partial charge in [-0.2, -0.15) is 0 Å². The summed E-state index contributed by atoms with van der Waals surface area (Å²) in [5.74, 6) is 1.78. The van der Waals surface area contributed by atoms with Gasteiger partial charge in [0, 0.05) is 67.6 Å². The van der Waals surface area contributed by atoms with Gasteiger partial charge in [0.2, 0.25) is 0 Å². The Morgan fingerprint density at radius 2 is 0.576 bits per heavy atom. The lowest BCUT2D eigenvalue weighted by molar-refractivity contribution is 1.07. The van der Waals surface area contributed by atoms with Crippen LogP contribution in [0, 0.1) is 20.8 Å². The lowest BCUT2D eigenvalue weighted by Gasteiger charge is -2.11. The molecule has 0 aliphatic rings. The molecular weight excluding hydrogens is 811 g/mol. The molecule has 7 heterocycles. The summed E-state index contributed by atoms with van der Waals surface area (Å²) in [5.41, 5.74) is 15.9. The van der Waals surface area contributed by atoms with Crippen LogP contribution in [0.3, 0.4) is 0 Å². The normalized spacial score (nSPS) is 11.9. The molecule has 0 bridgehead atoms. The van der Waals surface area contributed by atoms with E-state index in [1.165, 1.54) is 16.7 Å². The van der Waals surface area contributed by atoms with Gasteiger partial charge in [0.05, 0.1) is 68.8 Å². The van der Waals surface area contributed by atoms with Crippen molar-refractivity contribution < 1.29 is 0 Å². The van der Waals surface area contributed by atoms with E-state index in [9.17, 15) is 0 Å². The standard InChI is InChI=1S/C57H39N9/c1-34-10-16-49-43(25-34)46-28-37(13-19-52(46)64(49)40-7-4-22-58-31-40)55-61-56(38-14-20-53-47(29-38)44-26-35(2)11-17-50(44)65(53)41-8-5-23-59-32-41)63-57(62-55)39-15-21-54-48(30-39)45-27-36(3)12-18-51(45)66(54)42-9-6-24-60-33-42/h4-33H,1-3H3. The zero-order chi connectivity index (χ0) is 44.0. The van der Waals surface area contributed by atoms with Gasteiger partial charge in [-0.1, -0.05) is 34.9 Å². The van der Waals surface area contributed by atoms with E-state index in [4.69, 9.17) is 15.0 Å². The summed E-state index contributed by atoms with van der Waals surface area (Å²) in [7, 11) is 0. The molecule has 0 fully saturated rings. The van der Waals surface area contributed by atoms with Crippen molar-refractivity contribution in [1.29, 1.82) is 0 Å². The van der Waals surface area contributed by atoms with Crippen LogP contribution in [-0.4, -0.2) is 43.6 Å². The highest BCUT2D eigenvalue weighted by molar-refractivity contribution is 6.13. The summed E-state index contributed by atoms with van der Waals surface area (Å²) in [4.78, 5) is 29.4. The Kier molecular flexibility index (Phi) is 8.35. The maximum absolute atomic E-state index is 5.34. The van der Waals surface area contributed by atoms with E-state index in [2.05, 4.69) is 177 Å². The van der Waals surface area contributed by atoms with E-state index < -0.39 is 0 Å². The molecule has 0 aliphatic carbocycles. The van der Waals surface area contributed by atoms with Crippen molar-refractivity contribution in [3.8, 4) is 51.2 Å². The molecule has 6 aromatic carbocycles. The maximum atomic E-state index is 5.34. The van der Waals surface area contributed by atoms with E-state index in [-0.39, 0.29) is 0 Å². The molecule has 66 heavy (non-hydrogen) atoms. The van der Waals surface area contributed by atoms with E-state index in [0.29, 0.717) is 17.5 Å². The number of aryl methyl sites for hydroxylation is 3. The molecule has 0 spiro atoms. The Morgan fingerprint density at radius 3 is 0.848 bits per heavy atom. The average Bonchev–Trinajstić information content (AvgIpc) is 3.98. The molecule has 13 rings (SSSR count). The number of hydrogen-bond donors (Lipinski definition) is 0. The predicted molar refractivity (Wildman–Crippen MR) is 267 cm³/mol. The highest BCUT2D eigenvalue weighted by Crippen LogP contribution is 2.39. The minimum atomic E-state index is 0.592. The van der Waals surface area contributed by atoms with Gasteiger partial charge in [0.1, 0.15) is 0 Å². The maximum Gasteiger partial charge on any atom is 0.164 e. The fourth-order valence-electron chi connectivity index (χ4n) is 9.88. The zero-order valence-electron chi connectivity index (χ0n) is 36.3. The molecule has 9 heteroatoms. The summed E-state index contributed by atoms with van der Waals surface area (Å²) < 4.78 is 6.84. The van der Waals surface area contributed by atoms with Gasteiger partial charge in [-0.3, -0.25) is 15.0 Å². The molecule has 312 valence electrons. The van der Waals surface area contributed by atoms with Crippen molar-refractivity contribution in [3.05, 3.63) is 199 Å². The molecule has 9 nitrogen and oxygen atoms in total. The van der Waals surface area contributed by atoms with Gasteiger partial charge in [0.15, 0.2) is 17.5 Å². The van der Waals surface area contributed by atoms with Crippen LogP contribution in [0.2, 0.25) is 0 Å². The Labute approximate surface area is 379 Å². The van der Waals surface area contributed by atoms with Crippen molar-refractivity contribution in [1.82, 2.24) is 43.6 Å². The molecule has 0 radical (unpaired) electrons. The second kappa shape index (κ2) is 14.6. The second-order valence-corrected chi connectivity index (χ2v) is 17.2. The van der Waals surface area contributed by atoms with Crippen LogP contribution in [0.15, 0.2) is 183 Å². The van der Waals surface area contributed by atoms with E-state index in [1.54, 1.807) is 0 Å². The first kappa shape index (κ1) is 37.7. The first-order chi connectivity index (χ1) is 32.4. The summed E-state index contributed by atoms with van der Waals surface area (Å²) in [6.07, 6.45) is 11.2. The summed E-state index contributed by atoms with van der Waals surface area (Å²) in [5, 5.41) is 6.79. The van der Waals surface area contributed by atoms with Gasteiger partial charge in [-0.15, -0.1) is 0 Å². The quantitative estimate of drug-likeness (QED) is 0.165. The number of hydrogen-bond acceptors (Lipinski definition) is 6. The summed E-state index contributed by atoms with van der Waals surface area (Å²) >= 11 is 0. The molecule has 0 atom stereocenters. The molecule has 0 aliphatic heterocycles. The first-order valence-corrected chi connectivity index (χ1v) is 22.1. The topological polar surface area (TPSA) is 92.1 Å². The number of aromatic nitrogens is 9. The van der Waals surface area contributed by atoms with Gasteiger partial charge in [0.25, 0.3) is 0 Å². The van der Waals surface area contributed by atoms with Gasteiger partial charge in [-0.05, 0) is 148 Å². The Bertz CT molecular complexity index is 3640. The number of nitrogens with zero attached hydrogens (tertiary/aromatic N) is 9. The van der Waals surface area contributed by atoms with Crippen LogP contribution >= 0.6 is 0 Å². The van der Waals surface area contributed by atoms with Crippen molar-refractivity contribution in [3.63, 3.8) is 0 Å². The van der Waals surface area contributed by atoms with Crippen molar-refractivity contribution in [2.24, 2.45) is 0 Å². The molecule has 7 aromatic heterocycles. The molecule has 13 aromatic rings. The lowest BCUT2D eigenvalue weighted by Crippen LogP contribution is -2.01. The zero-order valence-corrected chi connectivity index (χ0v) is 36.3. The van der Waals surface area contributed by atoms with Crippen molar-refractivity contribution in [2.45, 2.75) is 20.8 Å². The predicted octanol–water partition coefficient (Wildman–Crippen LogP) is 13.3. The molecule has 0 saturated carbocycles. The minimum absolute atomic E-state index is 0.592. The van der Waals surface area contributed by atoms with E-state index >= 15 is 0 Å². The molecule has 0 saturated heterocycles. The largest absolute Gasteiger partial charge is 0.308 e. The van der Waals surface area contributed by atoms with Gasteiger partial charge < -0.3 is 13.7 Å². The Morgan fingerprint density at radius 1 is 0.303 bits per heavy atom. The third-order valence-electron chi connectivity index (χ3n) is 12.9. The number of rotatable bonds is 6. The van der Waals surface area contributed by atoms with Crippen LogP contribution in [0.25, 0.3) is 117 Å². The van der Waals surface area contributed by atoms with E-state index in [1.807, 2.05) is 55.4 Å². The SMILES string of the molecule is Cc1ccc2c(c1)c1cc(-c3nc(-c4ccc5c(c4)c4cc(C)ccc4n5-c4cccnc4)nc(-c4ccc5c(c4)c4cc(C)ccc4n5-c4cccnc4)n3)ccc1n2-c1cccnc1. The van der Waals surface area contributed by atoms with Crippen LogP contribution < -0.4 is 0 Å². The first-order valence-electron chi connectivity index (χ1n) is 22.1. The molecule has 0 unspecified atom stereocenters. The van der Waals surface area contributed by atoms with Crippen LogP contribution in [0.4, 0.5) is 0 Å². The van der Waals surface area contributed by atoms with Crippen LogP contribution in [0.5, 0.6) is 0 Å². The van der Waals surface area contributed by atoms with Gasteiger partial charge >= 0.3 is 0 Å². The van der Waals surface area contributed by atoms with Crippen LogP contribution in [-0.2, 0) is 0 Å². The highest BCUT2D eigenvalue weighted by Gasteiger charge is 2.21. The van der Waals surface area contributed by atoms with Crippen molar-refractivity contribution in [2.75, 3.05) is 0 Å². The second-order valence-electron chi connectivity index (χ2n) is 17.2. The smallest absolute Gasteiger partial charge is 0.164 e. The molecule has 0 N–H and O–H groups in total. The summed E-state index contributed by atoms with van der Waals surface area (Å²) in [6.45, 7) is 6.42. The fourth-order valence-corrected chi connectivity index (χ4v) is 9.88. The fraction of sp³-hybridized carbons (Fsp3) is 0.0526. The van der Waals surface area contributed by atoms with Gasteiger partial charge in [-0.25, -0.2) is 15.0 Å². The third-order valence-corrected chi connectivity index (χ3v) is 12.9. The van der Waals surface area contributed by atoms with Crippen LogP contribution in [0.1, 0.15) is 16.7 Å². The Hall–Kier alpha value is -8.82. The van der Waals surface area contributed by atoms with Crippen molar-refractivity contribution >= 4 is 65.4 Å². The average molecular weight is 850 g/mol. The number of benzene rings is 6. The Balaban J connectivity index is 1.05. The lowest BCUT2D eigenvalue weighted by atomic mass is 10.1. The monoisotopic (exact) mass is 849 g/mol. The summed E-state index contributed by atoms with van der Waals surface area (Å²) in [6, 6.07) is 51.7. The molecular formula is C57H39N9. The minimum Gasteiger partial charge on any atom is -0.308 e. The van der Waals surface area contributed by atoms with E-state index in [0.717, 1.165) is 99.2 Å². The highest BCUT2D eigenvalue weighted by atomic mass is 15.0. The molecule has 0 amide bonds. The number of pyridine rings is 3. The number of fused-ring (bicyclic) bond motifs is 9. The third kappa shape index (κ3) is 5.94.